The van der Waals surface area contributed by atoms with Crippen LogP contribution in [0, 0.1) is 6.92 Å². The average molecular weight is 375 g/mol. The Hall–Kier alpha value is -2.61. The molecule has 0 saturated heterocycles. The first-order valence-corrected chi connectivity index (χ1v) is 10.2. The second-order valence-corrected chi connectivity index (χ2v) is 8.30. The van der Waals surface area contributed by atoms with E-state index in [1.165, 1.54) is 10.6 Å². The molecule has 0 spiro atoms. The van der Waals surface area contributed by atoms with E-state index in [4.69, 9.17) is 0 Å². The molecule has 0 unspecified atom stereocenters. The third kappa shape index (κ3) is 4.13. The number of rotatable bonds is 4. The standard InChI is InChI=1S/C18H21N3O4S/c1-13-6-8-21(17(22)10-13)12-18(23)20-9-7-15-14(11-20)4-3-5-16(15)19-26(2,24)25/h3-6,8,10,19H,7,9,11-12H2,1-2H3. The molecule has 8 heteroatoms. The molecule has 26 heavy (non-hydrogen) atoms. The van der Waals surface area contributed by atoms with Crippen LogP contribution in [0.3, 0.4) is 0 Å². The second kappa shape index (κ2) is 6.95. The first-order chi connectivity index (χ1) is 12.2. The summed E-state index contributed by atoms with van der Waals surface area (Å²) in [4.78, 5) is 26.2. The molecule has 1 aromatic heterocycles. The summed E-state index contributed by atoms with van der Waals surface area (Å²) in [6.07, 6.45) is 3.30. The van der Waals surface area contributed by atoms with E-state index in [0.29, 0.717) is 25.2 Å². The fraction of sp³-hybridized carbons (Fsp3) is 0.333. The second-order valence-electron chi connectivity index (χ2n) is 6.55. The molecule has 2 aromatic rings. The monoisotopic (exact) mass is 375 g/mol. The molecule has 138 valence electrons. The van der Waals surface area contributed by atoms with E-state index < -0.39 is 10.0 Å². The summed E-state index contributed by atoms with van der Waals surface area (Å²) in [7, 11) is -3.36. The molecule has 1 aliphatic heterocycles. The third-order valence-electron chi connectivity index (χ3n) is 4.37. The Balaban J connectivity index is 1.77. The molecule has 1 N–H and O–H groups in total. The fourth-order valence-corrected chi connectivity index (χ4v) is 3.69. The minimum Gasteiger partial charge on any atom is -0.336 e. The van der Waals surface area contributed by atoms with Crippen molar-refractivity contribution in [3.8, 4) is 0 Å². The lowest BCUT2D eigenvalue weighted by Gasteiger charge is -2.30. The summed E-state index contributed by atoms with van der Waals surface area (Å²) >= 11 is 0. The number of nitrogens with one attached hydrogen (secondary N) is 1. The third-order valence-corrected chi connectivity index (χ3v) is 4.96. The quantitative estimate of drug-likeness (QED) is 0.867. The summed E-state index contributed by atoms with van der Waals surface area (Å²) in [5.41, 5.74) is 3.04. The van der Waals surface area contributed by atoms with Crippen LogP contribution in [0.4, 0.5) is 5.69 Å². The lowest BCUT2D eigenvalue weighted by Crippen LogP contribution is -2.39. The van der Waals surface area contributed by atoms with E-state index in [2.05, 4.69) is 4.72 Å². The molecule has 1 aromatic carbocycles. The van der Waals surface area contributed by atoms with Crippen LogP contribution in [0.1, 0.15) is 16.7 Å². The number of aryl methyl sites for hydroxylation is 1. The summed E-state index contributed by atoms with van der Waals surface area (Å²) in [6, 6.07) is 8.68. The van der Waals surface area contributed by atoms with Crippen LogP contribution in [-0.2, 0) is 34.3 Å². The van der Waals surface area contributed by atoms with E-state index in [1.54, 1.807) is 29.3 Å². The van der Waals surface area contributed by atoms with Gasteiger partial charge in [-0.1, -0.05) is 12.1 Å². The van der Waals surface area contributed by atoms with Gasteiger partial charge < -0.3 is 9.47 Å². The van der Waals surface area contributed by atoms with Gasteiger partial charge in [-0.3, -0.25) is 14.3 Å². The molecule has 0 radical (unpaired) electrons. The summed E-state index contributed by atoms with van der Waals surface area (Å²) < 4.78 is 26.9. The Labute approximate surface area is 152 Å². The molecule has 0 aliphatic carbocycles. The number of amides is 1. The van der Waals surface area contributed by atoms with Crippen molar-refractivity contribution in [2.24, 2.45) is 0 Å². The van der Waals surface area contributed by atoms with Crippen LogP contribution < -0.4 is 10.3 Å². The number of nitrogens with zero attached hydrogens (tertiary/aromatic N) is 2. The smallest absolute Gasteiger partial charge is 0.251 e. The number of anilines is 1. The van der Waals surface area contributed by atoms with Gasteiger partial charge in [-0.15, -0.1) is 0 Å². The van der Waals surface area contributed by atoms with Crippen molar-refractivity contribution in [1.82, 2.24) is 9.47 Å². The number of carbonyl (C=O) groups excluding carboxylic acids is 1. The van der Waals surface area contributed by atoms with Gasteiger partial charge in [-0.25, -0.2) is 8.42 Å². The average Bonchev–Trinajstić information content (AvgIpc) is 2.56. The van der Waals surface area contributed by atoms with Gasteiger partial charge in [0.2, 0.25) is 15.9 Å². The summed E-state index contributed by atoms with van der Waals surface area (Å²) in [5.74, 6) is -0.136. The van der Waals surface area contributed by atoms with Gasteiger partial charge in [0.1, 0.15) is 6.54 Å². The SMILES string of the molecule is Cc1ccn(CC(=O)N2CCc3c(cccc3NS(C)(=O)=O)C2)c(=O)c1. The Morgan fingerprint density at radius 1 is 1.27 bits per heavy atom. The highest BCUT2D eigenvalue weighted by Crippen LogP contribution is 2.27. The number of sulfonamides is 1. The van der Waals surface area contributed by atoms with E-state index in [9.17, 15) is 18.0 Å². The van der Waals surface area contributed by atoms with Gasteiger partial charge in [0.25, 0.3) is 5.56 Å². The number of aromatic nitrogens is 1. The van der Waals surface area contributed by atoms with Crippen molar-refractivity contribution >= 4 is 21.6 Å². The Morgan fingerprint density at radius 3 is 2.73 bits per heavy atom. The van der Waals surface area contributed by atoms with Gasteiger partial charge in [0, 0.05) is 25.4 Å². The topological polar surface area (TPSA) is 88.5 Å². The van der Waals surface area contributed by atoms with Crippen molar-refractivity contribution in [2.75, 3.05) is 17.5 Å². The van der Waals surface area contributed by atoms with Gasteiger partial charge in [0.05, 0.1) is 11.9 Å². The summed E-state index contributed by atoms with van der Waals surface area (Å²) in [5, 5.41) is 0. The highest BCUT2D eigenvalue weighted by molar-refractivity contribution is 7.92. The molecule has 3 rings (SSSR count). The number of hydrogen-bond acceptors (Lipinski definition) is 4. The number of carbonyl (C=O) groups is 1. The molecule has 0 saturated carbocycles. The van der Waals surface area contributed by atoms with Crippen LogP contribution in [0.5, 0.6) is 0 Å². The maximum atomic E-state index is 12.6. The predicted molar refractivity (Wildman–Crippen MR) is 99.5 cm³/mol. The molecule has 0 bridgehead atoms. The molecular weight excluding hydrogens is 354 g/mol. The highest BCUT2D eigenvalue weighted by Gasteiger charge is 2.23. The van der Waals surface area contributed by atoms with E-state index in [1.807, 2.05) is 13.0 Å². The van der Waals surface area contributed by atoms with Crippen LogP contribution in [-0.4, -0.2) is 36.6 Å². The van der Waals surface area contributed by atoms with E-state index >= 15 is 0 Å². The molecule has 1 amide bonds. The lowest BCUT2D eigenvalue weighted by atomic mass is 9.98. The largest absolute Gasteiger partial charge is 0.336 e. The molecule has 2 heterocycles. The van der Waals surface area contributed by atoms with Crippen LogP contribution in [0.25, 0.3) is 0 Å². The molecule has 0 atom stereocenters. The first-order valence-electron chi connectivity index (χ1n) is 8.26. The minimum absolute atomic E-state index is 0.00424. The molecule has 1 aliphatic rings. The zero-order valence-corrected chi connectivity index (χ0v) is 15.5. The van der Waals surface area contributed by atoms with Crippen molar-refractivity contribution in [3.05, 3.63) is 63.6 Å². The van der Waals surface area contributed by atoms with Gasteiger partial charge in [-0.2, -0.15) is 0 Å². The zero-order chi connectivity index (χ0) is 18.9. The normalized spacial score (nSPS) is 14.0. The first kappa shape index (κ1) is 18.2. The van der Waals surface area contributed by atoms with Gasteiger partial charge in [0.15, 0.2) is 0 Å². The number of fused-ring (bicyclic) bond motifs is 1. The van der Waals surface area contributed by atoms with Crippen LogP contribution in [0.15, 0.2) is 41.3 Å². The Bertz CT molecular complexity index is 1010. The lowest BCUT2D eigenvalue weighted by molar-refractivity contribution is -0.132. The van der Waals surface area contributed by atoms with Crippen LogP contribution >= 0.6 is 0 Å². The Morgan fingerprint density at radius 2 is 2.04 bits per heavy atom. The Kier molecular flexibility index (Phi) is 4.86. The van der Waals surface area contributed by atoms with E-state index in [0.717, 1.165) is 22.9 Å². The van der Waals surface area contributed by atoms with Crippen molar-refractivity contribution in [3.63, 3.8) is 0 Å². The maximum absolute atomic E-state index is 12.6. The van der Waals surface area contributed by atoms with Gasteiger partial charge >= 0.3 is 0 Å². The number of pyridine rings is 1. The highest BCUT2D eigenvalue weighted by atomic mass is 32.2. The molecule has 7 nitrogen and oxygen atoms in total. The minimum atomic E-state index is -3.36. The molecular formula is C18H21N3O4S. The van der Waals surface area contributed by atoms with Crippen molar-refractivity contribution < 1.29 is 13.2 Å². The number of benzene rings is 1. The van der Waals surface area contributed by atoms with E-state index in [-0.39, 0.29) is 18.0 Å². The number of hydrogen-bond donors (Lipinski definition) is 1. The molecule has 0 fully saturated rings. The predicted octanol–water partition coefficient (Wildman–Crippen LogP) is 1.11. The summed E-state index contributed by atoms with van der Waals surface area (Å²) in [6.45, 7) is 2.70. The maximum Gasteiger partial charge on any atom is 0.251 e. The van der Waals surface area contributed by atoms with Crippen molar-refractivity contribution in [1.29, 1.82) is 0 Å². The zero-order valence-electron chi connectivity index (χ0n) is 14.7. The fourth-order valence-electron chi connectivity index (χ4n) is 3.10. The van der Waals surface area contributed by atoms with Crippen molar-refractivity contribution in [2.45, 2.75) is 26.4 Å². The van der Waals surface area contributed by atoms with Gasteiger partial charge in [-0.05, 0) is 42.2 Å². The van der Waals surface area contributed by atoms with Crippen LogP contribution in [0.2, 0.25) is 0 Å².